The minimum Gasteiger partial charge on any atom is -0.366 e. The molecular formula is C20H16N2O2. The van der Waals surface area contributed by atoms with Gasteiger partial charge in [-0.2, -0.15) is 0 Å². The van der Waals surface area contributed by atoms with E-state index in [-0.39, 0.29) is 5.91 Å². The number of hydrogen-bond acceptors (Lipinski definition) is 2. The van der Waals surface area contributed by atoms with Gasteiger partial charge in [0, 0.05) is 16.8 Å². The number of nitrogens with one attached hydrogen (secondary N) is 1. The number of hydrogen-bond donors (Lipinski definition) is 2. The van der Waals surface area contributed by atoms with Crippen LogP contribution < -0.4 is 11.1 Å². The molecule has 0 radical (unpaired) electrons. The second-order valence-electron chi connectivity index (χ2n) is 5.34. The monoisotopic (exact) mass is 316 g/mol. The van der Waals surface area contributed by atoms with Gasteiger partial charge >= 0.3 is 0 Å². The minimum absolute atomic E-state index is 0.207. The zero-order chi connectivity index (χ0) is 16.9. The summed E-state index contributed by atoms with van der Waals surface area (Å²) in [7, 11) is 0. The Morgan fingerprint density at radius 2 is 1.21 bits per heavy atom. The third-order valence-corrected chi connectivity index (χ3v) is 3.68. The number of nitrogens with two attached hydrogens (primary N) is 1. The van der Waals surface area contributed by atoms with Crippen molar-refractivity contribution in [2.24, 2.45) is 5.73 Å². The molecule has 0 aliphatic carbocycles. The summed E-state index contributed by atoms with van der Waals surface area (Å²) < 4.78 is 0. The zero-order valence-electron chi connectivity index (χ0n) is 12.9. The number of primary amides is 1. The van der Waals surface area contributed by atoms with Gasteiger partial charge in [-0.1, -0.05) is 42.5 Å². The molecule has 0 atom stereocenters. The molecule has 0 heterocycles. The van der Waals surface area contributed by atoms with Crippen LogP contribution in [0.4, 0.5) is 5.69 Å². The molecule has 2 amide bonds. The summed E-state index contributed by atoms with van der Waals surface area (Å²) >= 11 is 0. The van der Waals surface area contributed by atoms with E-state index in [0.717, 1.165) is 11.1 Å². The summed E-state index contributed by atoms with van der Waals surface area (Å²) in [6, 6.07) is 23.8. The molecule has 3 N–H and O–H groups in total. The maximum Gasteiger partial charge on any atom is 0.255 e. The Labute approximate surface area is 139 Å². The number of anilines is 1. The standard InChI is InChI=1S/C20H16N2O2/c21-19(23)16-10-12-18(13-11-16)22-20(24)17-8-6-15(7-9-17)14-4-2-1-3-5-14/h1-13H,(H2,21,23)(H,22,24). The Morgan fingerprint density at radius 1 is 0.667 bits per heavy atom. The fourth-order valence-electron chi connectivity index (χ4n) is 2.37. The maximum absolute atomic E-state index is 12.3. The second kappa shape index (κ2) is 6.79. The normalized spacial score (nSPS) is 10.2. The molecule has 4 heteroatoms. The number of benzene rings is 3. The highest BCUT2D eigenvalue weighted by Gasteiger charge is 2.07. The van der Waals surface area contributed by atoms with Gasteiger partial charge in [-0.05, 0) is 47.5 Å². The molecule has 118 valence electrons. The summed E-state index contributed by atoms with van der Waals surface area (Å²) in [6.07, 6.45) is 0. The van der Waals surface area contributed by atoms with E-state index in [1.165, 1.54) is 0 Å². The van der Waals surface area contributed by atoms with Crippen LogP contribution in [0.25, 0.3) is 11.1 Å². The van der Waals surface area contributed by atoms with Crippen LogP contribution in [0, 0.1) is 0 Å². The van der Waals surface area contributed by atoms with Crippen molar-refractivity contribution in [1.29, 1.82) is 0 Å². The van der Waals surface area contributed by atoms with Crippen molar-refractivity contribution in [3.05, 3.63) is 90.0 Å². The molecule has 0 saturated heterocycles. The van der Waals surface area contributed by atoms with Crippen molar-refractivity contribution >= 4 is 17.5 Å². The molecule has 0 aliphatic heterocycles. The van der Waals surface area contributed by atoms with E-state index >= 15 is 0 Å². The van der Waals surface area contributed by atoms with Crippen molar-refractivity contribution in [2.75, 3.05) is 5.32 Å². The van der Waals surface area contributed by atoms with E-state index in [0.29, 0.717) is 16.8 Å². The molecule has 0 aromatic heterocycles. The Morgan fingerprint density at radius 3 is 1.79 bits per heavy atom. The number of carbonyl (C=O) groups excluding carboxylic acids is 2. The maximum atomic E-state index is 12.3. The molecule has 3 aromatic rings. The highest BCUT2D eigenvalue weighted by atomic mass is 16.2. The topological polar surface area (TPSA) is 72.2 Å². The minimum atomic E-state index is -0.496. The van der Waals surface area contributed by atoms with E-state index in [1.807, 2.05) is 42.5 Å². The Balaban J connectivity index is 1.72. The van der Waals surface area contributed by atoms with Crippen LogP contribution in [0.1, 0.15) is 20.7 Å². The molecule has 4 nitrogen and oxygen atoms in total. The Hall–Kier alpha value is -3.40. The van der Waals surface area contributed by atoms with Gasteiger partial charge in [0.05, 0.1) is 0 Å². The van der Waals surface area contributed by atoms with Crippen LogP contribution in [0.15, 0.2) is 78.9 Å². The first-order valence-corrected chi connectivity index (χ1v) is 7.50. The molecule has 24 heavy (non-hydrogen) atoms. The van der Waals surface area contributed by atoms with Gasteiger partial charge in [-0.25, -0.2) is 0 Å². The summed E-state index contributed by atoms with van der Waals surface area (Å²) in [6.45, 7) is 0. The SMILES string of the molecule is NC(=O)c1ccc(NC(=O)c2ccc(-c3ccccc3)cc2)cc1. The van der Waals surface area contributed by atoms with Gasteiger partial charge in [-0.3, -0.25) is 9.59 Å². The predicted molar refractivity (Wildman–Crippen MR) is 94.8 cm³/mol. The lowest BCUT2D eigenvalue weighted by Gasteiger charge is -2.07. The van der Waals surface area contributed by atoms with E-state index in [1.54, 1.807) is 36.4 Å². The molecule has 0 aliphatic rings. The lowest BCUT2D eigenvalue weighted by atomic mass is 10.0. The van der Waals surface area contributed by atoms with Crippen LogP contribution in [0.5, 0.6) is 0 Å². The van der Waals surface area contributed by atoms with Crippen LogP contribution in [-0.4, -0.2) is 11.8 Å². The molecule has 0 bridgehead atoms. The number of amides is 2. The molecule has 0 spiro atoms. The quantitative estimate of drug-likeness (QED) is 0.770. The van der Waals surface area contributed by atoms with Crippen molar-refractivity contribution in [3.63, 3.8) is 0 Å². The number of carbonyl (C=O) groups is 2. The molecule has 0 saturated carbocycles. The third-order valence-electron chi connectivity index (χ3n) is 3.68. The first-order valence-electron chi connectivity index (χ1n) is 7.50. The zero-order valence-corrected chi connectivity index (χ0v) is 12.9. The summed E-state index contributed by atoms with van der Waals surface area (Å²) in [5, 5.41) is 2.79. The van der Waals surface area contributed by atoms with Gasteiger partial charge < -0.3 is 11.1 Å². The fraction of sp³-hybridized carbons (Fsp3) is 0. The average molecular weight is 316 g/mol. The van der Waals surface area contributed by atoms with Crippen molar-refractivity contribution < 1.29 is 9.59 Å². The van der Waals surface area contributed by atoms with Gasteiger partial charge in [-0.15, -0.1) is 0 Å². The largest absolute Gasteiger partial charge is 0.366 e. The van der Waals surface area contributed by atoms with Gasteiger partial charge in [0.1, 0.15) is 0 Å². The van der Waals surface area contributed by atoms with Crippen molar-refractivity contribution in [3.8, 4) is 11.1 Å². The Kier molecular flexibility index (Phi) is 4.38. The average Bonchev–Trinajstić information content (AvgIpc) is 2.63. The smallest absolute Gasteiger partial charge is 0.255 e. The number of rotatable bonds is 4. The summed E-state index contributed by atoms with van der Waals surface area (Å²) in [5.74, 6) is -0.703. The lowest BCUT2D eigenvalue weighted by molar-refractivity contribution is 0.0998. The van der Waals surface area contributed by atoms with E-state index in [2.05, 4.69) is 5.32 Å². The van der Waals surface area contributed by atoms with Gasteiger partial charge in [0.25, 0.3) is 5.91 Å². The molecule has 3 rings (SSSR count). The summed E-state index contributed by atoms with van der Waals surface area (Å²) in [5.41, 5.74) is 8.92. The highest BCUT2D eigenvalue weighted by molar-refractivity contribution is 6.04. The van der Waals surface area contributed by atoms with Crippen LogP contribution in [0.2, 0.25) is 0 Å². The Bertz CT molecular complexity index is 854. The van der Waals surface area contributed by atoms with Gasteiger partial charge in [0.15, 0.2) is 0 Å². The molecule has 3 aromatic carbocycles. The molecule has 0 fully saturated rings. The third kappa shape index (κ3) is 3.50. The second-order valence-corrected chi connectivity index (χ2v) is 5.34. The fourth-order valence-corrected chi connectivity index (χ4v) is 2.37. The van der Waals surface area contributed by atoms with E-state index < -0.39 is 5.91 Å². The van der Waals surface area contributed by atoms with Crippen molar-refractivity contribution in [2.45, 2.75) is 0 Å². The molecule has 0 unspecified atom stereocenters. The first-order chi connectivity index (χ1) is 11.6. The van der Waals surface area contributed by atoms with Gasteiger partial charge in [0.2, 0.25) is 5.91 Å². The van der Waals surface area contributed by atoms with Crippen LogP contribution >= 0.6 is 0 Å². The summed E-state index contributed by atoms with van der Waals surface area (Å²) in [4.78, 5) is 23.3. The van der Waals surface area contributed by atoms with Crippen LogP contribution in [-0.2, 0) is 0 Å². The van der Waals surface area contributed by atoms with Crippen molar-refractivity contribution in [1.82, 2.24) is 0 Å². The van der Waals surface area contributed by atoms with E-state index in [4.69, 9.17) is 5.73 Å². The van der Waals surface area contributed by atoms with Crippen LogP contribution in [0.3, 0.4) is 0 Å². The first kappa shape index (κ1) is 15.5. The molecular weight excluding hydrogens is 300 g/mol. The highest BCUT2D eigenvalue weighted by Crippen LogP contribution is 2.20. The van der Waals surface area contributed by atoms with E-state index in [9.17, 15) is 9.59 Å². The predicted octanol–water partition coefficient (Wildman–Crippen LogP) is 3.70. The lowest BCUT2D eigenvalue weighted by Crippen LogP contribution is -2.13.